The first-order valence-electron chi connectivity index (χ1n) is 11.3. The van der Waals surface area contributed by atoms with Crippen molar-refractivity contribution in [2.45, 2.75) is 12.8 Å². The van der Waals surface area contributed by atoms with E-state index in [1.54, 1.807) is 34.9 Å². The predicted octanol–water partition coefficient (Wildman–Crippen LogP) is 4.44. The van der Waals surface area contributed by atoms with Crippen LogP contribution in [0.15, 0.2) is 48.9 Å². The first kappa shape index (κ1) is 25.8. The molecule has 2 aromatic carbocycles. The number of nitrogens with zero attached hydrogens (tertiary/aromatic N) is 4. The minimum Gasteiger partial charge on any atom is -0.476 e. The standard InChI is InChI=1S/C25H22ClF2N7O2/c26-18-13-15(3-4-16(18)25(36)32-9-2-1-7-29)34-23-24-33-14-19(35(24)11-10-31-23)17-5-6-20(37-12-8-30)22(28)21(17)27/h3-6,10-11,13-14H,1-2,7,9,12,29H2,(H,31,34)(H,32,36). The fourth-order valence-corrected chi connectivity index (χ4v) is 3.90. The molecular formula is C25H22ClF2N7O2. The largest absolute Gasteiger partial charge is 0.476 e. The Bertz CT molecular complexity index is 1490. The molecule has 0 aliphatic heterocycles. The number of nitrogens with one attached hydrogen (secondary N) is 2. The molecule has 0 atom stereocenters. The first-order chi connectivity index (χ1) is 17.9. The highest BCUT2D eigenvalue weighted by molar-refractivity contribution is 6.34. The fraction of sp³-hybridized carbons (Fsp3) is 0.200. The zero-order valence-electron chi connectivity index (χ0n) is 19.5. The van der Waals surface area contributed by atoms with Gasteiger partial charge < -0.3 is 21.1 Å². The van der Waals surface area contributed by atoms with Crippen molar-refractivity contribution in [3.8, 4) is 23.1 Å². The molecule has 0 saturated carbocycles. The van der Waals surface area contributed by atoms with Crippen LogP contribution in [0.25, 0.3) is 16.9 Å². The Balaban J connectivity index is 1.57. The number of hydrogen-bond acceptors (Lipinski definition) is 7. The zero-order valence-corrected chi connectivity index (χ0v) is 20.2. The normalized spacial score (nSPS) is 10.8. The molecule has 1 amide bonds. The maximum Gasteiger partial charge on any atom is 0.252 e. The maximum atomic E-state index is 14.8. The van der Waals surface area contributed by atoms with Crippen LogP contribution < -0.4 is 21.1 Å². The SMILES string of the molecule is N#CCOc1ccc(-c2cnc3c(Nc4ccc(C(=O)NCCCCN)c(Cl)c4)nccn23)c(F)c1F. The van der Waals surface area contributed by atoms with E-state index >= 15 is 0 Å². The van der Waals surface area contributed by atoms with Crippen LogP contribution in [0, 0.1) is 23.0 Å². The van der Waals surface area contributed by atoms with Crippen LogP contribution in [0.2, 0.25) is 5.02 Å². The van der Waals surface area contributed by atoms with Crippen LogP contribution >= 0.6 is 11.6 Å². The zero-order chi connectivity index (χ0) is 26.4. The summed E-state index contributed by atoms with van der Waals surface area (Å²) in [5.74, 6) is -2.64. The van der Waals surface area contributed by atoms with E-state index in [1.807, 2.05) is 0 Å². The second-order valence-corrected chi connectivity index (χ2v) is 8.28. The average Bonchev–Trinajstić information content (AvgIpc) is 3.32. The second-order valence-electron chi connectivity index (χ2n) is 7.87. The molecule has 0 radical (unpaired) electrons. The number of nitrogens with two attached hydrogens (primary N) is 1. The highest BCUT2D eigenvalue weighted by Gasteiger charge is 2.20. The van der Waals surface area contributed by atoms with E-state index < -0.39 is 18.2 Å². The lowest BCUT2D eigenvalue weighted by Gasteiger charge is -2.11. The van der Waals surface area contributed by atoms with Gasteiger partial charge in [0, 0.05) is 30.2 Å². The Morgan fingerprint density at radius 3 is 2.78 bits per heavy atom. The van der Waals surface area contributed by atoms with Gasteiger partial charge in [0.05, 0.1) is 22.5 Å². The highest BCUT2D eigenvalue weighted by atomic mass is 35.5. The molecule has 0 unspecified atom stereocenters. The Kier molecular flexibility index (Phi) is 8.12. The van der Waals surface area contributed by atoms with Crippen LogP contribution in [0.3, 0.4) is 0 Å². The minimum absolute atomic E-state index is 0.0451. The first-order valence-corrected chi connectivity index (χ1v) is 11.7. The van der Waals surface area contributed by atoms with E-state index in [-0.39, 0.29) is 27.9 Å². The lowest BCUT2D eigenvalue weighted by molar-refractivity contribution is 0.0953. The van der Waals surface area contributed by atoms with Crippen molar-refractivity contribution in [1.29, 1.82) is 5.26 Å². The van der Waals surface area contributed by atoms with E-state index in [4.69, 9.17) is 27.3 Å². The van der Waals surface area contributed by atoms with Crippen LogP contribution in [-0.2, 0) is 0 Å². The number of benzene rings is 2. The Morgan fingerprint density at radius 1 is 1.19 bits per heavy atom. The van der Waals surface area contributed by atoms with Crippen LogP contribution in [0.5, 0.6) is 5.75 Å². The van der Waals surface area contributed by atoms with E-state index in [9.17, 15) is 13.6 Å². The summed E-state index contributed by atoms with van der Waals surface area (Å²) in [6.07, 6.45) is 6.02. The molecule has 2 heterocycles. The number of imidazole rings is 1. The summed E-state index contributed by atoms with van der Waals surface area (Å²) >= 11 is 6.34. The summed E-state index contributed by atoms with van der Waals surface area (Å²) in [7, 11) is 0. The lowest BCUT2D eigenvalue weighted by Crippen LogP contribution is -2.25. The summed E-state index contributed by atoms with van der Waals surface area (Å²) < 4.78 is 35.8. The molecule has 190 valence electrons. The Labute approximate surface area is 215 Å². The van der Waals surface area contributed by atoms with E-state index in [2.05, 4.69) is 20.6 Å². The smallest absolute Gasteiger partial charge is 0.252 e. The summed E-state index contributed by atoms with van der Waals surface area (Å²) in [5.41, 5.74) is 6.92. The van der Waals surface area contributed by atoms with Gasteiger partial charge >= 0.3 is 0 Å². The number of carbonyl (C=O) groups is 1. The molecule has 0 saturated heterocycles. The summed E-state index contributed by atoms with van der Waals surface area (Å²) in [5, 5.41) is 14.7. The molecule has 2 aromatic heterocycles. The number of fused-ring (bicyclic) bond motifs is 1. The van der Waals surface area contributed by atoms with Gasteiger partial charge in [-0.05, 0) is 49.7 Å². The molecule has 9 nitrogen and oxygen atoms in total. The highest BCUT2D eigenvalue weighted by Crippen LogP contribution is 2.32. The van der Waals surface area contributed by atoms with Crippen molar-refractivity contribution in [3.63, 3.8) is 0 Å². The maximum absolute atomic E-state index is 14.8. The van der Waals surface area contributed by atoms with Crippen LogP contribution in [0.1, 0.15) is 23.2 Å². The number of unbranched alkanes of at least 4 members (excludes halogenated alkanes) is 1. The Morgan fingerprint density at radius 2 is 2.03 bits per heavy atom. The van der Waals surface area contributed by atoms with Gasteiger partial charge in [0.25, 0.3) is 5.91 Å². The van der Waals surface area contributed by atoms with Crippen molar-refractivity contribution in [2.75, 3.05) is 25.0 Å². The summed E-state index contributed by atoms with van der Waals surface area (Å²) in [6, 6.07) is 9.16. The van der Waals surface area contributed by atoms with Gasteiger partial charge in [-0.3, -0.25) is 9.20 Å². The Hall–Kier alpha value is -4.27. The summed E-state index contributed by atoms with van der Waals surface area (Å²) in [6.45, 7) is 0.656. The molecule has 37 heavy (non-hydrogen) atoms. The average molecular weight is 526 g/mol. The molecule has 4 aromatic rings. The third-order valence-electron chi connectivity index (χ3n) is 5.44. The molecular weight excluding hydrogens is 504 g/mol. The van der Waals surface area contributed by atoms with Gasteiger partial charge in [0.1, 0.15) is 6.07 Å². The third-order valence-corrected chi connectivity index (χ3v) is 5.75. The number of anilines is 2. The fourth-order valence-electron chi connectivity index (χ4n) is 3.64. The molecule has 0 aliphatic carbocycles. The monoisotopic (exact) mass is 525 g/mol. The van der Waals surface area contributed by atoms with Crippen molar-refractivity contribution in [3.05, 3.63) is 71.1 Å². The van der Waals surface area contributed by atoms with Crippen molar-refractivity contribution >= 4 is 34.7 Å². The molecule has 4 rings (SSSR count). The lowest BCUT2D eigenvalue weighted by atomic mass is 10.1. The number of halogens is 3. The quantitative estimate of drug-likeness (QED) is 0.261. The number of amides is 1. The van der Waals surface area contributed by atoms with Crippen LogP contribution in [-0.4, -0.2) is 40.0 Å². The number of aromatic nitrogens is 3. The van der Waals surface area contributed by atoms with Gasteiger partial charge in [-0.2, -0.15) is 9.65 Å². The molecule has 4 N–H and O–H groups in total. The number of carbonyl (C=O) groups excluding carboxylic acids is 1. The van der Waals surface area contributed by atoms with Gasteiger partial charge in [0.15, 0.2) is 29.6 Å². The minimum atomic E-state index is -1.20. The third kappa shape index (κ3) is 5.61. The molecule has 0 bridgehead atoms. The summed E-state index contributed by atoms with van der Waals surface area (Å²) in [4.78, 5) is 21.0. The topological polar surface area (TPSA) is 130 Å². The van der Waals surface area contributed by atoms with Crippen molar-refractivity contribution in [2.24, 2.45) is 5.73 Å². The molecule has 0 aliphatic rings. The predicted molar refractivity (Wildman–Crippen MR) is 135 cm³/mol. The van der Waals surface area contributed by atoms with E-state index in [1.165, 1.54) is 24.5 Å². The van der Waals surface area contributed by atoms with Gasteiger partial charge in [-0.15, -0.1) is 0 Å². The van der Waals surface area contributed by atoms with Gasteiger partial charge in [0.2, 0.25) is 5.82 Å². The molecule has 12 heteroatoms. The van der Waals surface area contributed by atoms with Gasteiger partial charge in [-0.25, -0.2) is 14.4 Å². The second kappa shape index (κ2) is 11.6. The number of rotatable bonds is 10. The number of nitriles is 1. The van der Waals surface area contributed by atoms with E-state index in [0.717, 1.165) is 12.8 Å². The molecule has 0 fully saturated rings. The van der Waals surface area contributed by atoms with Crippen molar-refractivity contribution < 1.29 is 18.3 Å². The van der Waals surface area contributed by atoms with Gasteiger partial charge in [-0.1, -0.05) is 11.6 Å². The molecule has 0 spiro atoms. The number of hydrogen-bond donors (Lipinski definition) is 3. The van der Waals surface area contributed by atoms with Crippen LogP contribution in [0.4, 0.5) is 20.3 Å². The number of ether oxygens (including phenoxy) is 1. The van der Waals surface area contributed by atoms with E-state index in [0.29, 0.717) is 35.8 Å². The van der Waals surface area contributed by atoms with Crippen molar-refractivity contribution in [1.82, 2.24) is 19.7 Å².